The van der Waals surface area contributed by atoms with Gasteiger partial charge in [-0.2, -0.15) is 0 Å². The molecule has 1 fully saturated rings. The maximum Gasteiger partial charge on any atom is 0.330 e. The molecule has 1 aliphatic heterocycles. The smallest absolute Gasteiger partial charge is 0.330 e. The minimum Gasteiger partial charge on any atom is -0.373 e. The first-order chi connectivity index (χ1) is 12.0. The van der Waals surface area contributed by atoms with E-state index < -0.39 is 37.5 Å². The molecule has 0 aromatic carbocycles. The van der Waals surface area contributed by atoms with Crippen LogP contribution in [0.3, 0.4) is 0 Å². The number of rotatable bonds is 5. The number of ether oxygens (including phenoxy) is 2. The highest BCUT2D eigenvalue weighted by atomic mass is 28.3. The van der Waals surface area contributed by atoms with Gasteiger partial charge in [-0.25, -0.2) is 4.79 Å². The second kappa shape index (κ2) is 7.40. The van der Waals surface area contributed by atoms with Crippen LogP contribution in [0.5, 0.6) is 0 Å². The molecule has 0 spiro atoms. The number of aromatic amines is 1. The quantitative estimate of drug-likeness (QED) is 0.361. The largest absolute Gasteiger partial charge is 0.373 e. The summed E-state index contributed by atoms with van der Waals surface area (Å²) in [5, 5.41) is 3.00. The van der Waals surface area contributed by atoms with Gasteiger partial charge in [0.15, 0.2) is 0 Å². The fourth-order valence-electron chi connectivity index (χ4n) is 3.13. The monoisotopic (exact) mass is 381 g/mol. The van der Waals surface area contributed by atoms with E-state index in [1.54, 1.807) is 6.92 Å². The third-order valence-electron chi connectivity index (χ3n) is 4.60. The number of nitrogens with one attached hydrogen (secondary N) is 1. The predicted octanol–water partition coefficient (Wildman–Crippen LogP) is 1.81. The van der Waals surface area contributed by atoms with Crippen LogP contribution >= 0.6 is 0 Å². The summed E-state index contributed by atoms with van der Waals surface area (Å²) in [5.74, 6) is 0. The van der Waals surface area contributed by atoms with E-state index in [1.807, 2.05) is 20.8 Å². The number of azide groups is 1. The van der Waals surface area contributed by atoms with Gasteiger partial charge in [-0.3, -0.25) is 14.3 Å². The normalized spacial score (nSPS) is 26.1. The van der Waals surface area contributed by atoms with Gasteiger partial charge in [-0.15, -0.1) is 0 Å². The van der Waals surface area contributed by atoms with E-state index in [2.05, 4.69) is 28.1 Å². The lowest BCUT2D eigenvalue weighted by atomic mass is 10.1. The first-order valence-corrected chi connectivity index (χ1v) is 11.6. The summed E-state index contributed by atoms with van der Waals surface area (Å²) < 4.78 is 13.6. The fraction of sp³-hybridized carbons (Fsp3) is 0.750. The minimum absolute atomic E-state index is 0.257. The van der Waals surface area contributed by atoms with E-state index >= 15 is 0 Å². The molecule has 2 heterocycles. The highest BCUT2D eigenvalue weighted by Gasteiger charge is 2.50. The van der Waals surface area contributed by atoms with Crippen LogP contribution < -0.4 is 11.2 Å². The molecule has 0 amide bonds. The van der Waals surface area contributed by atoms with Crippen molar-refractivity contribution in [2.75, 3.05) is 6.61 Å². The average Bonchev–Trinajstić information content (AvgIpc) is 2.88. The molecule has 1 N–H and O–H groups in total. The third-order valence-corrected chi connectivity index (χ3v) is 7.05. The summed E-state index contributed by atoms with van der Waals surface area (Å²) in [6, 6.07) is -0.448. The van der Waals surface area contributed by atoms with E-state index in [9.17, 15) is 9.59 Å². The maximum absolute atomic E-state index is 12.5. The Morgan fingerprint density at radius 3 is 2.69 bits per heavy atom. The Morgan fingerprint density at radius 2 is 2.15 bits per heavy atom. The van der Waals surface area contributed by atoms with Gasteiger partial charge >= 0.3 is 5.69 Å². The first kappa shape index (κ1) is 20.4. The molecule has 0 radical (unpaired) electrons. The molecule has 9 nitrogen and oxygen atoms in total. The zero-order valence-electron chi connectivity index (χ0n) is 16.1. The van der Waals surface area contributed by atoms with Gasteiger partial charge < -0.3 is 9.47 Å². The van der Waals surface area contributed by atoms with Crippen molar-refractivity contribution in [1.29, 1.82) is 0 Å². The molecule has 1 aromatic heterocycles. The molecule has 144 valence electrons. The lowest BCUT2D eigenvalue weighted by Gasteiger charge is -2.35. The van der Waals surface area contributed by atoms with E-state index in [4.69, 9.17) is 15.0 Å². The predicted molar refractivity (Wildman–Crippen MR) is 101 cm³/mol. The third kappa shape index (κ3) is 4.09. The number of aryl methyl sites for hydroxylation is 1. The Kier molecular flexibility index (Phi) is 5.81. The van der Waals surface area contributed by atoms with Crippen molar-refractivity contribution in [2.45, 2.75) is 70.3 Å². The molecule has 0 aliphatic carbocycles. The average molecular weight is 382 g/mol. The molecule has 2 rings (SSSR count). The van der Waals surface area contributed by atoms with Crippen LogP contribution in [0.15, 0.2) is 20.9 Å². The van der Waals surface area contributed by atoms with E-state index in [-0.39, 0.29) is 12.2 Å². The molecule has 0 unspecified atom stereocenters. The summed E-state index contributed by atoms with van der Waals surface area (Å²) in [6.45, 7) is 11.8. The van der Waals surface area contributed by atoms with Crippen LogP contribution in [0.2, 0.25) is 13.1 Å². The van der Waals surface area contributed by atoms with Crippen LogP contribution in [-0.2, 0) is 14.8 Å². The van der Waals surface area contributed by atoms with Gasteiger partial charge in [0.1, 0.15) is 5.35 Å². The second-order valence-electron chi connectivity index (χ2n) is 8.00. The van der Waals surface area contributed by atoms with E-state index in [0.717, 1.165) is 0 Å². The number of nitrogens with zero attached hydrogens (tertiary/aromatic N) is 4. The highest BCUT2D eigenvalue weighted by Crippen LogP contribution is 2.38. The summed E-state index contributed by atoms with van der Waals surface area (Å²) in [7, 11) is -1.64. The molecule has 26 heavy (non-hydrogen) atoms. The van der Waals surface area contributed by atoms with E-state index in [1.165, 1.54) is 10.8 Å². The van der Waals surface area contributed by atoms with Crippen LogP contribution in [0.1, 0.15) is 32.8 Å². The number of hydrogen-bond donors (Lipinski definition) is 1. The SMILES string of the molecule is Cc1cn([C@@]2([SiH](C)C)C[C@H](N=[N+]=[N-])[C@@H](COC(C)(C)C)O2)c(=O)[nH]c1=O. The summed E-state index contributed by atoms with van der Waals surface area (Å²) in [4.78, 5) is 29.5. The van der Waals surface area contributed by atoms with E-state index in [0.29, 0.717) is 12.0 Å². The number of aromatic nitrogens is 2. The van der Waals surface area contributed by atoms with Gasteiger partial charge in [0.05, 0.1) is 33.2 Å². The van der Waals surface area contributed by atoms with Gasteiger partial charge in [0, 0.05) is 23.1 Å². The van der Waals surface area contributed by atoms with Gasteiger partial charge in [0.25, 0.3) is 5.56 Å². The fourth-order valence-corrected chi connectivity index (χ4v) is 5.04. The van der Waals surface area contributed by atoms with Gasteiger partial charge in [-0.1, -0.05) is 18.2 Å². The van der Waals surface area contributed by atoms with Gasteiger partial charge in [0.2, 0.25) is 0 Å². The van der Waals surface area contributed by atoms with Crippen LogP contribution in [0, 0.1) is 6.92 Å². The van der Waals surface area contributed by atoms with Crippen molar-refractivity contribution in [1.82, 2.24) is 9.55 Å². The number of H-pyrrole nitrogens is 1. The van der Waals surface area contributed by atoms with Crippen molar-refractivity contribution in [2.24, 2.45) is 5.11 Å². The Bertz CT molecular complexity index is 821. The Morgan fingerprint density at radius 1 is 1.50 bits per heavy atom. The summed E-state index contributed by atoms with van der Waals surface area (Å²) >= 11 is 0. The Balaban J connectivity index is 2.49. The van der Waals surface area contributed by atoms with Crippen molar-refractivity contribution < 1.29 is 9.47 Å². The molecule has 1 aliphatic rings. The topological polar surface area (TPSA) is 122 Å². The highest BCUT2D eigenvalue weighted by molar-refractivity contribution is 6.58. The number of hydrogen-bond acceptors (Lipinski definition) is 5. The lowest BCUT2D eigenvalue weighted by Crippen LogP contribution is -2.52. The summed E-state index contributed by atoms with van der Waals surface area (Å²) in [5.41, 5.74) is 8.08. The summed E-state index contributed by atoms with van der Waals surface area (Å²) in [6.07, 6.45) is 1.46. The molecule has 3 atom stereocenters. The zero-order chi connectivity index (χ0) is 19.7. The van der Waals surface area contributed by atoms with Crippen LogP contribution in [-0.4, -0.2) is 42.7 Å². The van der Waals surface area contributed by atoms with Gasteiger partial charge in [-0.05, 0) is 33.2 Å². The molecule has 1 aromatic rings. The molecular weight excluding hydrogens is 354 g/mol. The van der Waals surface area contributed by atoms with Crippen LogP contribution in [0.4, 0.5) is 0 Å². The Hall–Kier alpha value is -1.87. The zero-order valence-corrected chi connectivity index (χ0v) is 17.3. The maximum atomic E-state index is 12.5. The standard InChI is InChI=1S/C16H27N5O4Si/c1-10-8-21(14(23)18-13(10)22)16(26(5)6)7-11(19-20-17)12(25-16)9-24-15(2,3)4/h8,11-12,26H,7,9H2,1-6H3,(H,18,22,23)/t11-,12+,16-/m0/s1. The minimum atomic E-state index is -1.64. The molecule has 0 bridgehead atoms. The van der Waals surface area contributed by atoms with Crippen molar-refractivity contribution in [3.05, 3.63) is 43.0 Å². The molecule has 0 saturated carbocycles. The second-order valence-corrected chi connectivity index (χ2v) is 11.2. The van der Waals surface area contributed by atoms with Crippen molar-refractivity contribution >= 4 is 8.80 Å². The van der Waals surface area contributed by atoms with Crippen molar-refractivity contribution in [3.63, 3.8) is 0 Å². The van der Waals surface area contributed by atoms with Crippen molar-refractivity contribution in [3.8, 4) is 0 Å². The van der Waals surface area contributed by atoms with Crippen LogP contribution in [0.25, 0.3) is 10.4 Å². The Labute approximate surface area is 153 Å². The molecule has 1 saturated heterocycles. The molecular formula is C16H27N5O4Si. The molecule has 10 heteroatoms. The first-order valence-electron chi connectivity index (χ1n) is 8.69. The lowest BCUT2D eigenvalue weighted by molar-refractivity contribution is -0.103.